The summed E-state index contributed by atoms with van der Waals surface area (Å²) in [6, 6.07) is 1.42. The summed E-state index contributed by atoms with van der Waals surface area (Å²) >= 11 is 0. The third-order valence-corrected chi connectivity index (χ3v) is 4.47. The summed E-state index contributed by atoms with van der Waals surface area (Å²) in [5, 5.41) is 3.70. The van der Waals surface area contributed by atoms with E-state index in [0.29, 0.717) is 12.1 Å². The second kappa shape index (κ2) is 7.46. The minimum absolute atomic E-state index is 0.540. The van der Waals surface area contributed by atoms with Crippen LogP contribution < -0.4 is 5.32 Å². The van der Waals surface area contributed by atoms with Crippen LogP contribution in [0.2, 0.25) is 0 Å². The number of hydrogen-bond acceptors (Lipinski definition) is 3. The Bertz CT molecular complexity index is 229. The second-order valence-electron chi connectivity index (χ2n) is 6.00. The Balaban J connectivity index is 1.78. The molecule has 3 atom stereocenters. The van der Waals surface area contributed by atoms with Crippen LogP contribution in [0.5, 0.6) is 0 Å². The minimum Gasteiger partial charge on any atom is -0.378 e. The first-order valence-corrected chi connectivity index (χ1v) is 7.88. The molecule has 2 rings (SSSR count). The molecule has 106 valence electrons. The number of hydrogen-bond donors (Lipinski definition) is 1. The van der Waals surface area contributed by atoms with Crippen molar-refractivity contribution in [3.8, 4) is 0 Å². The summed E-state index contributed by atoms with van der Waals surface area (Å²) < 4.78 is 5.74. The normalized spacial score (nSPS) is 34.7. The van der Waals surface area contributed by atoms with Gasteiger partial charge >= 0.3 is 0 Å². The summed E-state index contributed by atoms with van der Waals surface area (Å²) in [5.41, 5.74) is 0. The second-order valence-corrected chi connectivity index (χ2v) is 6.00. The van der Waals surface area contributed by atoms with E-state index < -0.39 is 0 Å². The third kappa shape index (κ3) is 4.22. The summed E-state index contributed by atoms with van der Waals surface area (Å²) in [6.45, 7) is 9.27. The van der Waals surface area contributed by atoms with E-state index in [9.17, 15) is 0 Å². The summed E-state index contributed by atoms with van der Waals surface area (Å²) in [7, 11) is 0. The topological polar surface area (TPSA) is 24.5 Å². The maximum atomic E-state index is 5.74. The van der Waals surface area contributed by atoms with Crippen molar-refractivity contribution in [1.82, 2.24) is 10.2 Å². The molecule has 0 amide bonds. The SMILES string of the molecule is CCCC1CN(CCC2CCCO2)C(C)CCN1. The molecule has 3 heteroatoms. The lowest BCUT2D eigenvalue weighted by atomic mass is 10.1. The van der Waals surface area contributed by atoms with Crippen molar-refractivity contribution in [3.05, 3.63) is 0 Å². The first-order valence-electron chi connectivity index (χ1n) is 7.88. The Morgan fingerprint density at radius 2 is 2.17 bits per heavy atom. The summed E-state index contributed by atoms with van der Waals surface area (Å²) in [5.74, 6) is 0. The highest BCUT2D eigenvalue weighted by Gasteiger charge is 2.24. The number of rotatable bonds is 5. The molecule has 0 aromatic heterocycles. The Morgan fingerprint density at radius 1 is 1.28 bits per heavy atom. The highest BCUT2D eigenvalue weighted by atomic mass is 16.5. The molecule has 1 N–H and O–H groups in total. The van der Waals surface area contributed by atoms with Crippen molar-refractivity contribution >= 4 is 0 Å². The Morgan fingerprint density at radius 3 is 2.89 bits per heavy atom. The molecule has 0 radical (unpaired) electrons. The molecular weight excluding hydrogens is 224 g/mol. The molecule has 0 bridgehead atoms. The van der Waals surface area contributed by atoms with Gasteiger partial charge in [0.15, 0.2) is 0 Å². The average Bonchev–Trinajstić information content (AvgIpc) is 2.81. The van der Waals surface area contributed by atoms with Gasteiger partial charge < -0.3 is 10.1 Å². The molecule has 0 aliphatic carbocycles. The first kappa shape index (κ1) is 14.3. The van der Waals surface area contributed by atoms with E-state index in [4.69, 9.17) is 4.74 Å². The van der Waals surface area contributed by atoms with Crippen LogP contribution in [0, 0.1) is 0 Å². The minimum atomic E-state index is 0.540. The lowest BCUT2D eigenvalue weighted by Crippen LogP contribution is -2.41. The van der Waals surface area contributed by atoms with Gasteiger partial charge in [-0.1, -0.05) is 13.3 Å². The zero-order valence-electron chi connectivity index (χ0n) is 12.2. The number of nitrogens with one attached hydrogen (secondary N) is 1. The fourth-order valence-corrected chi connectivity index (χ4v) is 3.24. The molecule has 0 spiro atoms. The molecule has 2 saturated heterocycles. The van der Waals surface area contributed by atoms with Crippen LogP contribution in [0.4, 0.5) is 0 Å². The van der Waals surface area contributed by atoms with Gasteiger partial charge in [-0.15, -0.1) is 0 Å². The van der Waals surface area contributed by atoms with E-state index in [1.165, 1.54) is 58.2 Å². The molecule has 2 heterocycles. The van der Waals surface area contributed by atoms with Crippen LogP contribution in [-0.2, 0) is 4.74 Å². The maximum absolute atomic E-state index is 5.74. The van der Waals surface area contributed by atoms with Crippen LogP contribution in [0.1, 0.15) is 52.4 Å². The van der Waals surface area contributed by atoms with Crippen molar-refractivity contribution in [2.45, 2.75) is 70.6 Å². The Hall–Kier alpha value is -0.120. The van der Waals surface area contributed by atoms with E-state index in [0.717, 1.165) is 12.6 Å². The van der Waals surface area contributed by atoms with Gasteiger partial charge in [0.1, 0.15) is 0 Å². The molecule has 0 aromatic carbocycles. The van der Waals surface area contributed by atoms with Crippen molar-refractivity contribution < 1.29 is 4.74 Å². The van der Waals surface area contributed by atoms with Crippen molar-refractivity contribution in [3.63, 3.8) is 0 Å². The van der Waals surface area contributed by atoms with Crippen LogP contribution in [0.25, 0.3) is 0 Å². The standard InChI is InChI=1S/C15H30N2O/c1-3-5-14-12-17(13(2)7-9-16-14)10-8-15-6-4-11-18-15/h13-16H,3-12H2,1-2H3. The zero-order valence-corrected chi connectivity index (χ0v) is 12.2. The Labute approximate surface area is 112 Å². The molecule has 3 nitrogen and oxygen atoms in total. The molecule has 0 saturated carbocycles. The van der Waals surface area contributed by atoms with Crippen LogP contribution in [0.3, 0.4) is 0 Å². The van der Waals surface area contributed by atoms with Gasteiger partial charge in [-0.05, 0) is 45.6 Å². The highest BCUT2D eigenvalue weighted by Crippen LogP contribution is 2.18. The zero-order chi connectivity index (χ0) is 12.8. The molecule has 3 unspecified atom stereocenters. The van der Waals surface area contributed by atoms with Crippen LogP contribution in [0.15, 0.2) is 0 Å². The lowest BCUT2D eigenvalue weighted by Gasteiger charge is -2.29. The average molecular weight is 254 g/mol. The molecule has 18 heavy (non-hydrogen) atoms. The van der Waals surface area contributed by atoms with Crippen LogP contribution >= 0.6 is 0 Å². The molecule has 2 aliphatic heterocycles. The molecule has 2 aliphatic rings. The fraction of sp³-hybridized carbons (Fsp3) is 1.00. The van der Waals surface area contributed by atoms with Gasteiger partial charge in [0, 0.05) is 31.8 Å². The highest BCUT2D eigenvalue weighted by molar-refractivity contribution is 4.81. The largest absolute Gasteiger partial charge is 0.378 e. The first-order chi connectivity index (χ1) is 8.79. The van der Waals surface area contributed by atoms with Crippen molar-refractivity contribution in [1.29, 1.82) is 0 Å². The van der Waals surface area contributed by atoms with Gasteiger partial charge in [-0.3, -0.25) is 4.90 Å². The smallest absolute Gasteiger partial charge is 0.0588 e. The van der Waals surface area contributed by atoms with Gasteiger partial charge in [0.25, 0.3) is 0 Å². The number of nitrogens with zero attached hydrogens (tertiary/aromatic N) is 1. The number of ether oxygens (including phenoxy) is 1. The van der Waals surface area contributed by atoms with E-state index in [1.807, 2.05) is 0 Å². The van der Waals surface area contributed by atoms with Crippen molar-refractivity contribution in [2.75, 3.05) is 26.2 Å². The predicted octanol–water partition coefficient (Wildman–Crippen LogP) is 2.41. The van der Waals surface area contributed by atoms with Crippen molar-refractivity contribution in [2.24, 2.45) is 0 Å². The van der Waals surface area contributed by atoms with Crippen LogP contribution in [-0.4, -0.2) is 49.3 Å². The molecular formula is C15H30N2O. The lowest BCUT2D eigenvalue weighted by molar-refractivity contribution is 0.0850. The van der Waals surface area contributed by atoms with E-state index in [2.05, 4.69) is 24.1 Å². The summed E-state index contributed by atoms with van der Waals surface area (Å²) in [4.78, 5) is 2.68. The summed E-state index contributed by atoms with van der Waals surface area (Å²) in [6.07, 6.45) is 8.18. The van der Waals surface area contributed by atoms with Gasteiger partial charge in [-0.25, -0.2) is 0 Å². The van der Waals surface area contributed by atoms with E-state index in [-0.39, 0.29) is 0 Å². The van der Waals surface area contributed by atoms with Gasteiger partial charge in [-0.2, -0.15) is 0 Å². The van der Waals surface area contributed by atoms with Gasteiger partial charge in [0.05, 0.1) is 6.10 Å². The predicted molar refractivity (Wildman–Crippen MR) is 75.9 cm³/mol. The van der Waals surface area contributed by atoms with E-state index in [1.54, 1.807) is 0 Å². The van der Waals surface area contributed by atoms with Gasteiger partial charge in [0.2, 0.25) is 0 Å². The molecule has 0 aromatic rings. The monoisotopic (exact) mass is 254 g/mol. The quantitative estimate of drug-likeness (QED) is 0.815. The fourth-order valence-electron chi connectivity index (χ4n) is 3.24. The third-order valence-electron chi connectivity index (χ3n) is 4.47. The molecule has 2 fully saturated rings. The van der Waals surface area contributed by atoms with E-state index >= 15 is 0 Å². The Kier molecular flexibility index (Phi) is 5.93. The maximum Gasteiger partial charge on any atom is 0.0588 e.